The molecule has 0 bridgehead atoms. The molecule has 0 saturated heterocycles. The maximum atomic E-state index is 14.0. The summed E-state index contributed by atoms with van der Waals surface area (Å²) in [6, 6.07) is 19.9. The van der Waals surface area contributed by atoms with Gasteiger partial charge < -0.3 is 19.5 Å². The average Bonchev–Trinajstić information content (AvgIpc) is 2.90. The summed E-state index contributed by atoms with van der Waals surface area (Å²) in [5, 5.41) is 5.51. The third kappa shape index (κ3) is 4.55. The second-order valence-corrected chi connectivity index (χ2v) is 10.2. The van der Waals surface area contributed by atoms with Gasteiger partial charge in [-0.2, -0.15) is 0 Å². The molecule has 0 fully saturated rings. The Morgan fingerprint density at radius 3 is 2.42 bits per heavy atom. The number of rotatable bonds is 6. The largest absolute Gasteiger partial charge is 0.493 e. The molecule has 1 aliphatic carbocycles. The molecule has 1 N–H and O–H groups in total. The van der Waals surface area contributed by atoms with Crippen molar-refractivity contribution in [3.63, 3.8) is 0 Å². The molecule has 3 aromatic rings. The first-order valence-electron chi connectivity index (χ1n) is 13.0. The predicted octanol–water partition coefficient (Wildman–Crippen LogP) is 6.17. The first-order chi connectivity index (χ1) is 18.3. The van der Waals surface area contributed by atoms with Gasteiger partial charge >= 0.3 is 5.97 Å². The molecule has 0 aromatic heterocycles. The fourth-order valence-electron chi connectivity index (χ4n) is 5.74. The van der Waals surface area contributed by atoms with Crippen LogP contribution in [0.3, 0.4) is 0 Å². The van der Waals surface area contributed by atoms with Gasteiger partial charge in [-0.05, 0) is 67.1 Å². The van der Waals surface area contributed by atoms with Crippen molar-refractivity contribution >= 4 is 22.5 Å². The molecule has 2 unspecified atom stereocenters. The minimum Gasteiger partial charge on any atom is -0.493 e. The third-order valence-electron chi connectivity index (χ3n) is 7.40. The Labute approximate surface area is 223 Å². The van der Waals surface area contributed by atoms with Gasteiger partial charge in [0.25, 0.3) is 0 Å². The number of hydrogen-bond donors (Lipinski definition) is 1. The van der Waals surface area contributed by atoms with Crippen LogP contribution in [0.4, 0.5) is 0 Å². The Bertz CT molecular complexity index is 1480. The molecule has 6 heteroatoms. The maximum Gasteiger partial charge on any atom is 0.337 e. The van der Waals surface area contributed by atoms with Gasteiger partial charge in [0.15, 0.2) is 17.3 Å². The van der Waals surface area contributed by atoms with Gasteiger partial charge in [-0.3, -0.25) is 4.79 Å². The molecule has 0 amide bonds. The van der Waals surface area contributed by atoms with Gasteiger partial charge in [-0.25, -0.2) is 4.79 Å². The standard InChI is InChI=1S/C32H33NO5/c1-18(2)38-32(35)29-19(3)33-25-15-22(21-13-14-27(36-4)28(17-21)37-5)16-26(34)31(25)30(29)24-12-8-10-20-9-6-7-11-23(20)24/h6-14,17-18,22,30,33H,15-16H2,1-5H3. The monoisotopic (exact) mass is 511 g/mol. The lowest BCUT2D eigenvalue weighted by atomic mass is 9.71. The molecule has 0 radical (unpaired) electrons. The van der Waals surface area contributed by atoms with Gasteiger partial charge in [0.05, 0.1) is 25.9 Å². The lowest BCUT2D eigenvalue weighted by Crippen LogP contribution is -2.36. The number of dihydropyridines is 1. The van der Waals surface area contributed by atoms with Crippen LogP contribution in [-0.4, -0.2) is 32.1 Å². The molecule has 38 heavy (non-hydrogen) atoms. The Morgan fingerprint density at radius 1 is 0.947 bits per heavy atom. The number of ether oxygens (including phenoxy) is 3. The average molecular weight is 512 g/mol. The van der Waals surface area contributed by atoms with Crippen molar-refractivity contribution in [1.29, 1.82) is 0 Å². The number of Topliss-reactive ketones (excluding diaryl/α,β-unsaturated/α-hetero) is 1. The van der Waals surface area contributed by atoms with E-state index >= 15 is 0 Å². The molecule has 0 saturated carbocycles. The molecule has 1 heterocycles. The first kappa shape index (κ1) is 25.6. The molecule has 3 aromatic carbocycles. The van der Waals surface area contributed by atoms with Crippen LogP contribution in [0.25, 0.3) is 10.8 Å². The summed E-state index contributed by atoms with van der Waals surface area (Å²) < 4.78 is 16.6. The third-order valence-corrected chi connectivity index (χ3v) is 7.40. The van der Waals surface area contributed by atoms with Crippen LogP contribution in [-0.2, 0) is 14.3 Å². The topological polar surface area (TPSA) is 73.9 Å². The van der Waals surface area contributed by atoms with E-state index in [4.69, 9.17) is 14.2 Å². The number of fused-ring (bicyclic) bond motifs is 1. The maximum absolute atomic E-state index is 14.0. The molecule has 1 aliphatic heterocycles. The lowest BCUT2D eigenvalue weighted by Gasteiger charge is -2.37. The fourth-order valence-corrected chi connectivity index (χ4v) is 5.74. The van der Waals surface area contributed by atoms with Crippen molar-refractivity contribution in [2.24, 2.45) is 0 Å². The van der Waals surface area contributed by atoms with Crippen LogP contribution in [0.1, 0.15) is 56.6 Å². The van der Waals surface area contributed by atoms with Gasteiger partial charge in [0, 0.05) is 29.3 Å². The van der Waals surface area contributed by atoms with E-state index in [1.165, 1.54) is 0 Å². The zero-order chi connectivity index (χ0) is 27.0. The zero-order valence-corrected chi connectivity index (χ0v) is 22.5. The summed E-state index contributed by atoms with van der Waals surface area (Å²) in [5.74, 6) is 0.374. The van der Waals surface area contributed by atoms with E-state index in [2.05, 4.69) is 5.32 Å². The minimum absolute atomic E-state index is 0.0267. The van der Waals surface area contributed by atoms with Crippen molar-refractivity contribution in [3.8, 4) is 11.5 Å². The number of ketones is 1. The van der Waals surface area contributed by atoms with Crippen molar-refractivity contribution in [1.82, 2.24) is 5.32 Å². The highest BCUT2D eigenvalue weighted by Crippen LogP contribution is 2.47. The van der Waals surface area contributed by atoms with Crippen molar-refractivity contribution in [2.75, 3.05) is 14.2 Å². The van der Waals surface area contributed by atoms with E-state index in [1.54, 1.807) is 14.2 Å². The summed E-state index contributed by atoms with van der Waals surface area (Å²) in [6.45, 7) is 5.56. The van der Waals surface area contributed by atoms with Crippen LogP contribution in [0.15, 0.2) is 83.2 Å². The fraction of sp³-hybridized carbons (Fsp3) is 0.312. The van der Waals surface area contributed by atoms with Gasteiger partial charge in [-0.15, -0.1) is 0 Å². The smallest absolute Gasteiger partial charge is 0.337 e. The van der Waals surface area contributed by atoms with Crippen LogP contribution < -0.4 is 14.8 Å². The summed E-state index contributed by atoms with van der Waals surface area (Å²) in [7, 11) is 3.22. The van der Waals surface area contributed by atoms with E-state index in [9.17, 15) is 9.59 Å². The number of allylic oxidation sites excluding steroid dienone is 3. The van der Waals surface area contributed by atoms with E-state index in [0.717, 1.165) is 27.6 Å². The number of carbonyl (C=O) groups excluding carboxylic acids is 2. The van der Waals surface area contributed by atoms with Gasteiger partial charge in [-0.1, -0.05) is 48.5 Å². The van der Waals surface area contributed by atoms with Gasteiger partial charge in [0.2, 0.25) is 0 Å². The lowest BCUT2D eigenvalue weighted by molar-refractivity contribution is -0.143. The van der Waals surface area contributed by atoms with E-state index in [1.807, 2.05) is 81.4 Å². The Morgan fingerprint density at radius 2 is 1.68 bits per heavy atom. The number of hydrogen-bond acceptors (Lipinski definition) is 6. The van der Waals surface area contributed by atoms with Crippen LogP contribution >= 0.6 is 0 Å². The van der Waals surface area contributed by atoms with Crippen LogP contribution in [0.5, 0.6) is 11.5 Å². The van der Waals surface area contributed by atoms with E-state index < -0.39 is 11.9 Å². The van der Waals surface area contributed by atoms with Gasteiger partial charge in [0.1, 0.15) is 0 Å². The number of esters is 1. The summed E-state index contributed by atoms with van der Waals surface area (Å²) in [5.41, 5.74) is 4.67. The molecule has 2 aliphatic rings. The second kappa shape index (κ2) is 10.4. The highest BCUT2D eigenvalue weighted by Gasteiger charge is 2.42. The SMILES string of the molecule is COc1ccc(C2CC(=O)C3=C(C2)NC(C)=C(C(=O)OC(C)C)C3c2cccc3ccccc23)cc1OC. The molecule has 0 spiro atoms. The summed E-state index contributed by atoms with van der Waals surface area (Å²) >= 11 is 0. The highest BCUT2D eigenvalue weighted by atomic mass is 16.5. The summed E-state index contributed by atoms with van der Waals surface area (Å²) in [4.78, 5) is 27.4. The normalized spacial score (nSPS) is 19.4. The highest BCUT2D eigenvalue weighted by molar-refractivity contribution is 6.05. The first-order valence-corrected chi connectivity index (χ1v) is 13.0. The number of carbonyl (C=O) groups is 2. The summed E-state index contributed by atoms with van der Waals surface area (Å²) in [6.07, 6.45) is 0.702. The Hall–Kier alpha value is -4.06. The quantitative estimate of drug-likeness (QED) is 0.399. The zero-order valence-electron chi connectivity index (χ0n) is 22.5. The molecular weight excluding hydrogens is 478 g/mol. The Balaban J connectivity index is 1.63. The minimum atomic E-state index is -0.512. The molecule has 6 nitrogen and oxygen atoms in total. The number of methoxy groups -OCH3 is 2. The van der Waals surface area contributed by atoms with Crippen molar-refractivity contribution in [3.05, 3.63) is 94.3 Å². The molecular formula is C32H33NO5. The molecule has 2 atom stereocenters. The number of nitrogens with one attached hydrogen (secondary N) is 1. The van der Waals surface area contributed by atoms with Crippen LogP contribution in [0, 0.1) is 0 Å². The molecule has 196 valence electrons. The van der Waals surface area contributed by atoms with Crippen LogP contribution in [0.2, 0.25) is 0 Å². The number of benzene rings is 3. The second-order valence-electron chi connectivity index (χ2n) is 10.2. The Kier molecular flexibility index (Phi) is 6.98. The predicted molar refractivity (Wildman–Crippen MR) is 147 cm³/mol. The van der Waals surface area contributed by atoms with Crippen molar-refractivity contribution in [2.45, 2.75) is 51.6 Å². The van der Waals surface area contributed by atoms with E-state index in [0.29, 0.717) is 41.2 Å². The van der Waals surface area contributed by atoms with Crippen molar-refractivity contribution < 1.29 is 23.8 Å². The molecule has 5 rings (SSSR count). The van der Waals surface area contributed by atoms with E-state index in [-0.39, 0.29) is 17.8 Å².